The monoisotopic (exact) mass is 548 g/mol. The number of benzene rings is 3. The summed E-state index contributed by atoms with van der Waals surface area (Å²) < 4.78 is 94.8. The standard InChI is InChI=1S/C32H31F7/c1-2-3-4-5-20-6-8-21(9-7-20)22-10-12-23(13-11-22)24-14-15-26(27(33)16-24)25-17-28(34)31(29(35)18-25)30(36)19-32(37,38)39/h10-21H,2-9H2,1H3. The van der Waals surface area contributed by atoms with Crippen LogP contribution in [0.15, 0.2) is 60.7 Å². The summed E-state index contributed by atoms with van der Waals surface area (Å²) in [7, 11) is 0. The first kappa shape index (κ1) is 28.9. The number of hydrogen-bond donors (Lipinski definition) is 0. The molecule has 0 saturated heterocycles. The normalized spacial score (nSPS) is 18.4. The molecule has 1 fully saturated rings. The van der Waals surface area contributed by atoms with Gasteiger partial charge in [-0.25, -0.2) is 17.6 Å². The van der Waals surface area contributed by atoms with Crippen molar-refractivity contribution in [1.29, 1.82) is 0 Å². The van der Waals surface area contributed by atoms with Crippen LogP contribution in [0.4, 0.5) is 30.7 Å². The highest BCUT2D eigenvalue weighted by molar-refractivity contribution is 5.73. The molecule has 0 spiro atoms. The minimum absolute atomic E-state index is 0.157. The van der Waals surface area contributed by atoms with E-state index in [0.29, 0.717) is 23.6 Å². The van der Waals surface area contributed by atoms with Crippen LogP contribution in [-0.2, 0) is 0 Å². The first-order valence-electron chi connectivity index (χ1n) is 13.4. The highest BCUT2D eigenvalue weighted by Crippen LogP contribution is 2.39. The van der Waals surface area contributed by atoms with E-state index in [9.17, 15) is 26.3 Å². The van der Waals surface area contributed by atoms with Gasteiger partial charge in [0.05, 0.1) is 11.6 Å². The lowest BCUT2D eigenvalue weighted by molar-refractivity contribution is -0.0798. The van der Waals surface area contributed by atoms with E-state index >= 15 is 4.39 Å². The summed E-state index contributed by atoms with van der Waals surface area (Å²) in [5.74, 6) is -4.64. The molecule has 3 aromatic carbocycles. The van der Waals surface area contributed by atoms with Crippen molar-refractivity contribution in [2.45, 2.75) is 70.4 Å². The Bertz CT molecular complexity index is 1270. The summed E-state index contributed by atoms with van der Waals surface area (Å²) in [6, 6.07) is 13.4. The third-order valence-electron chi connectivity index (χ3n) is 7.63. The average molecular weight is 549 g/mol. The Hall–Kier alpha value is -3.09. The largest absolute Gasteiger partial charge is 0.412 e. The first-order valence-corrected chi connectivity index (χ1v) is 13.4. The van der Waals surface area contributed by atoms with Crippen molar-refractivity contribution < 1.29 is 30.7 Å². The van der Waals surface area contributed by atoms with Gasteiger partial charge in [-0.1, -0.05) is 69.0 Å². The molecular formula is C32H31F7. The summed E-state index contributed by atoms with van der Waals surface area (Å²) in [6.07, 6.45) is 4.08. The van der Waals surface area contributed by atoms with Crippen molar-refractivity contribution in [1.82, 2.24) is 0 Å². The summed E-state index contributed by atoms with van der Waals surface area (Å²) in [5, 5.41) is 0. The van der Waals surface area contributed by atoms with Gasteiger partial charge in [-0.2, -0.15) is 13.2 Å². The van der Waals surface area contributed by atoms with Gasteiger partial charge >= 0.3 is 6.18 Å². The highest BCUT2D eigenvalue weighted by atomic mass is 19.4. The fourth-order valence-electron chi connectivity index (χ4n) is 5.52. The maximum atomic E-state index is 15.0. The smallest absolute Gasteiger partial charge is 0.206 e. The van der Waals surface area contributed by atoms with Crippen LogP contribution in [0.25, 0.3) is 28.1 Å². The highest BCUT2D eigenvalue weighted by Gasteiger charge is 2.28. The summed E-state index contributed by atoms with van der Waals surface area (Å²) in [4.78, 5) is 0. The molecule has 0 heterocycles. The molecule has 0 aliphatic heterocycles. The molecule has 0 bridgehead atoms. The Labute approximate surface area is 224 Å². The SMILES string of the molecule is CCCCCC1CCC(c2ccc(-c3ccc(-c4cc(F)c(C(F)=CC(F)(F)F)c(F)c4)c(F)c3)cc2)CC1. The molecule has 0 amide bonds. The molecule has 1 aliphatic rings. The Morgan fingerprint density at radius 2 is 1.36 bits per heavy atom. The van der Waals surface area contributed by atoms with Gasteiger partial charge in [0.15, 0.2) is 0 Å². The minimum Gasteiger partial charge on any atom is -0.206 e. The molecule has 3 aromatic rings. The second-order valence-corrected chi connectivity index (χ2v) is 10.4. The zero-order chi connectivity index (χ0) is 28.2. The topological polar surface area (TPSA) is 0 Å². The average Bonchev–Trinajstić information content (AvgIpc) is 2.88. The van der Waals surface area contributed by atoms with E-state index in [1.165, 1.54) is 69.1 Å². The van der Waals surface area contributed by atoms with Gasteiger partial charge in [0.2, 0.25) is 0 Å². The molecular weight excluding hydrogens is 517 g/mol. The molecule has 0 atom stereocenters. The van der Waals surface area contributed by atoms with Crippen LogP contribution in [0.2, 0.25) is 0 Å². The Morgan fingerprint density at radius 3 is 1.92 bits per heavy atom. The minimum atomic E-state index is -5.09. The van der Waals surface area contributed by atoms with Gasteiger partial charge in [0.1, 0.15) is 23.3 Å². The third-order valence-corrected chi connectivity index (χ3v) is 7.63. The van der Waals surface area contributed by atoms with Crippen LogP contribution in [-0.4, -0.2) is 6.18 Å². The molecule has 4 rings (SSSR count). The van der Waals surface area contributed by atoms with Crippen LogP contribution in [0.3, 0.4) is 0 Å². The fraction of sp³-hybridized carbons (Fsp3) is 0.375. The number of halogens is 7. The maximum Gasteiger partial charge on any atom is 0.412 e. The van der Waals surface area contributed by atoms with Gasteiger partial charge in [0, 0.05) is 5.56 Å². The molecule has 0 unspecified atom stereocenters. The van der Waals surface area contributed by atoms with Crippen LogP contribution < -0.4 is 0 Å². The zero-order valence-corrected chi connectivity index (χ0v) is 21.7. The van der Waals surface area contributed by atoms with Crippen molar-refractivity contribution in [3.05, 3.63) is 89.3 Å². The van der Waals surface area contributed by atoms with Crippen molar-refractivity contribution in [3.8, 4) is 22.3 Å². The molecule has 208 valence electrons. The second kappa shape index (κ2) is 12.4. The number of hydrogen-bond acceptors (Lipinski definition) is 0. The predicted octanol–water partition coefficient (Wildman–Crippen LogP) is 11.2. The summed E-state index contributed by atoms with van der Waals surface area (Å²) in [6.45, 7) is 2.22. The molecule has 0 aromatic heterocycles. The number of unbranched alkanes of at least 4 members (excludes halogenated alkanes) is 2. The zero-order valence-electron chi connectivity index (χ0n) is 21.7. The summed E-state index contributed by atoms with van der Waals surface area (Å²) >= 11 is 0. The fourth-order valence-corrected chi connectivity index (χ4v) is 5.52. The molecule has 0 radical (unpaired) electrons. The van der Waals surface area contributed by atoms with Gasteiger partial charge in [0.25, 0.3) is 0 Å². The van der Waals surface area contributed by atoms with Gasteiger partial charge in [-0.05, 0) is 78.0 Å². The Balaban J connectivity index is 1.47. The third kappa shape index (κ3) is 7.31. The van der Waals surface area contributed by atoms with Crippen molar-refractivity contribution in [2.75, 3.05) is 0 Å². The molecule has 1 aliphatic carbocycles. The molecule has 0 N–H and O–H groups in total. The number of rotatable bonds is 8. The van der Waals surface area contributed by atoms with E-state index in [-0.39, 0.29) is 11.1 Å². The Kier molecular flexibility index (Phi) is 9.19. The lowest BCUT2D eigenvalue weighted by Crippen LogP contribution is -2.13. The van der Waals surface area contributed by atoms with Crippen molar-refractivity contribution >= 4 is 5.83 Å². The van der Waals surface area contributed by atoms with Crippen molar-refractivity contribution in [3.63, 3.8) is 0 Å². The first-order chi connectivity index (χ1) is 18.6. The summed E-state index contributed by atoms with van der Waals surface area (Å²) in [5.41, 5.74) is 0.761. The van der Waals surface area contributed by atoms with Crippen LogP contribution in [0, 0.1) is 23.4 Å². The van der Waals surface area contributed by atoms with E-state index in [1.54, 1.807) is 6.07 Å². The molecule has 39 heavy (non-hydrogen) atoms. The van der Waals surface area contributed by atoms with E-state index in [4.69, 9.17) is 0 Å². The van der Waals surface area contributed by atoms with E-state index in [1.807, 2.05) is 12.1 Å². The van der Waals surface area contributed by atoms with Crippen LogP contribution in [0.5, 0.6) is 0 Å². The number of allylic oxidation sites excluding steroid dienone is 1. The molecule has 7 heteroatoms. The van der Waals surface area contributed by atoms with Crippen LogP contribution in [0.1, 0.15) is 75.3 Å². The lowest BCUT2D eigenvalue weighted by Gasteiger charge is -2.29. The van der Waals surface area contributed by atoms with E-state index in [2.05, 4.69) is 19.1 Å². The maximum absolute atomic E-state index is 15.0. The number of alkyl halides is 3. The molecule has 1 saturated carbocycles. The van der Waals surface area contributed by atoms with Gasteiger partial charge in [-0.3, -0.25) is 0 Å². The molecule has 0 nitrogen and oxygen atoms in total. The quantitative estimate of drug-likeness (QED) is 0.194. The van der Waals surface area contributed by atoms with Crippen molar-refractivity contribution in [2.24, 2.45) is 5.92 Å². The van der Waals surface area contributed by atoms with E-state index < -0.39 is 41.1 Å². The van der Waals surface area contributed by atoms with Gasteiger partial charge < -0.3 is 0 Å². The van der Waals surface area contributed by atoms with E-state index in [0.717, 1.165) is 11.5 Å². The second-order valence-electron chi connectivity index (χ2n) is 10.4. The Morgan fingerprint density at radius 1 is 0.769 bits per heavy atom. The van der Waals surface area contributed by atoms with Gasteiger partial charge in [-0.15, -0.1) is 0 Å². The van der Waals surface area contributed by atoms with Crippen LogP contribution >= 0.6 is 0 Å². The lowest BCUT2D eigenvalue weighted by atomic mass is 9.77. The predicted molar refractivity (Wildman–Crippen MR) is 141 cm³/mol.